The maximum absolute atomic E-state index is 11.8. The van der Waals surface area contributed by atoms with Crippen molar-refractivity contribution in [3.63, 3.8) is 0 Å². The summed E-state index contributed by atoms with van der Waals surface area (Å²) >= 11 is 0. The van der Waals surface area contributed by atoms with Gasteiger partial charge in [-0.1, -0.05) is 18.2 Å². The number of para-hydroxylation sites is 1. The van der Waals surface area contributed by atoms with E-state index in [0.717, 1.165) is 0 Å². The molecule has 1 heterocycles. The first-order valence-corrected chi connectivity index (χ1v) is 6.23. The van der Waals surface area contributed by atoms with Gasteiger partial charge in [-0.05, 0) is 35.9 Å². The molecule has 0 atom stereocenters. The quantitative estimate of drug-likeness (QED) is 0.706. The fraction of sp³-hybridized carbons (Fsp3) is 0. The smallest absolute Gasteiger partial charge is 0.284 e. The van der Waals surface area contributed by atoms with E-state index in [1.807, 2.05) is 0 Å². The van der Waals surface area contributed by atoms with Gasteiger partial charge in [0.25, 0.3) is 5.56 Å². The highest BCUT2D eigenvalue weighted by Crippen LogP contribution is 2.25. The first-order valence-electron chi connectivity index (χ1n) is 6.23. The van der Waals surface area contributed by atoms with Crippen LogP contribution in [0.25, 0.3) is 23.1 Å². The molecule has 2 aromatic carbocycles. The molecule has 1 aromatic heterocycles. The predicted molar refractivity (Wildman–Crippen MR) is 79.0 cm³/mol. The van der Waals surface area contributed by atoms with Gasteiger partial charge in [0.1, 0.15) is 5.58 Å². The minimum Gasteiger partial charge on any atom is -0.504 e. The van der Waals surface area contributed by atoms with Crippen LogP contribution in [0.4, 0.5) is 0 Å². The maximum atomic E-state index is 11.8. The van der Waals surface area contributed by atoms with E-state index in [9.17, 15) is 15.0 Å². The molecule has 0 spiro atoms. The predicted octanol–water partition coefficient (Wildman–Crippen LogP) is 2.77. The minimum atomic E-state index is -0.356. The van der Waals surface area contributed by atoms with Gasteiger partial charge in [0.05, 0.1) is 5.39 Å². The molecule has 0 saturated heterocycles. The third kappa shape index (κ3) is 2.62. The Morgan fingerprint density at radius 2 is 1.81 bits per heavy atom. The molecule has 0 aliphatic heterocycles. The van der Waals surface area contributed by atoms with Gasteiger partial charge in [0.15, 0.2) is 11.5 Å². The number of hydrogen-bond acceptors (Lipinski definition) is 5. The largest absolute Gasteiger partial charge is 0.504 e. The molecule has 5 heteroatoms. The van der Waals surface area contributed by atoms with Gasteiger partial charge in [0.2, 0.25) is 5.89 Å². The lowest BCUT2D eigenvalue weighted by molar-refractivity contribution is 0.403. The third-order valence-corrected chi connectivity index (χ3v) is 2.96. The number of aromatic hydroxyl groups is 2. The molecule has 3 rings (SSSR count). The Bertz CT molecular complexity index is 896. The average Bonchev–Trinajstić information content (AvgIpc) is 2.49. The lowest BCUT2D eigenvalue weighted by Gasteiger charge is -1.99. The second-order valence-electron chi connectivity index (χ2n) is 4.43. The van der Waals surface area contributed by atoms with Crippen LogP contribution in [0.3, 0.4) is 0 Å². The summed E-state index contributed by atoms with van der Waals surface area (Å²) in [5.74, 6) is -0.237. The van der Waals surface area contributed by atoms with Crippen molar-refractivity contribution in [2.45, 2.75) is 0 Å². The van der Waals surface area contributed by atoms with Crippen LogP contribution in [0.15, 0.2) is 51.7 Å². The lowest BCUT2D eigenvalue weighted by Crippen LogP contribution is -2.06. The van der Waals surface area contributed by atoms with Gasteiger partial charge in [-0.25, -0.2) is 0 Å². The highest BCUT2D eigenvalue weighted by Gasteiger charge is 2.03. The van der Waals surface area contributed by atoms with E-state index in [-0.39, 0.29) is 22.9 Å². The number of rotatable bonds is 2. The molecule has 0 aliphatic rings. The van der Waals surface area contributed by atoms with E-state index < -0.39 is 0 Å². The molecule has 2 N–H and O–H groups in total. The van der Waals surface area contributed by atoms with Crippen molar-refractivity contribution >= 4 is 23.1 Å². The third-order valence-electron chi connectivity index (χ3n) is 2.96. The Morgan fingerprint density at radius 1 is 1.00 bits per heavy atom. The van der Waals surface area contributed by atoms with Crippen LogP contribution in [0.1, 0.15) is 11.5 Å². The van der Waals surface area contributed by atoms with E-state index in [0.29, 0.717) is 16.5 Å². The molecule has 0 bridgehead atoms. The van der Waals surface area contributed by atoms with Gasteiger partial charge in [-0.3, -0.25) is 4.79 Å². The zero-order valence-corrected chi connectivity index (χ0v) is 10.9. The van der Waals surface area contributed by atoms with Crippen molar-refractivity contribution in [3.8, 4) is 11.5 Å². The van der Waals surface area contributed by atoms with Crippen LogP contribution in [-0.2, 0) is 0 Å². The zero-order chi connectivity index (χ0) is 14.8. The Kier molecular flexibility index (Phi) is 3.16. The maximum Gasteiger partial charge on any atom is 0.284 e. The van der Waals surface area contributed by atoms with E-state index in [4.69, 9.17) is 4.42 Å². The first kappa shape index (κ1) is 12.9. The van der Waals surface area contributed by atoms with E-state index >= 15 is 0 Å². The molecule has 0 fully saturated rings. The topological polar surface area (TPSA) is 83.6 Å². The number of aromatic nitrogens is 1. The number of phenolic OH excluding ortho intramolecular Hbond substituents is 2. The SMILES string of the molecule is O=c1nc(/C=C/c2ccc(O)c(O)c2)oc2ccccc12. The highest BCUT2D eigenvalue weighted by molar-refractivity contribution is 5.76. The highest BCUT2D eigenvalue weighted by atomic mass is 16.3. The Morgan fingerprint density at radius 3 is 2.62 bits per heavy atom. The second-order valence-corrected chi connectivity index (χ2v) is 4.43. The number of nitrogens with zero attached hydrogens (tertiary/aromatic N) is 1. The molecule has 0 amide bonds. The Labute approximate surface area is 119 Å². The average molecular weight is 281 g/mol. The fourth-order valence-electron chi connectivity index (χ4n) is 1.91. The van der Waals surface area contributed by atoms with E-state index in [1.165, 1.54) is 18.2 Å². The summed E-state index contributed by atoms with van der Waals surface area (Å²) in [5.41, 5.74) is 0.749. The monoisotopic (exact) mass is 281 g/mol. The van der Waals surface area contributed by atoms with E-state index in [1.54, 1.807) is 36.4 Å². The van der Waals surface area contributed by atoms with Crippen molar-refractivity contribution in [2.75, 3.05) is 0 Å². The van der Waals surface area contributed by atoms with Crippen molar-refractivity contribution in [1.29, 1.82) is 0 Å². The minimum absolute atomic E-state index is 0.172. The molecule has 21 heavy (non-hydrogen) atoms. The summed E-state index contributed by atoms with van der Waals surface area (Å²) in [4.78, 5) is 15.7. The molecule has 5 nitrogen and oxygen atoms in total. The van der Waals surface area contributed by atoms with Crippen LogP contribution in [0.5, 0.6) is 11.5 Å². The molecular formula is C16H11NO4. The summed E-state index contributed by atoms with van der Waals surface area (Å²) in [6.07, 6.45) is 3.15. The fourth-order valence-corrected chi connectivity index (χ4v) is 1.91. The summed E-state index contributed by atoms with van der Waals surface area (Å²) in [5, 5.41) is 19.1. The summed E-state index contributed by atoms with van der Waals surface area (Å²) in [6, 6.07) is 11.3. The van der Waals surface area contributed by atoms with Crippen molar-refractivity contribution in [2.24, 2.45) is 0 Å². The van der Waals surface area contributed by atoms with Crippen LogP contribution < -0.4 is 5.56 Å². The van der Waals surface area contributed by atoms with Gasteiger partial charge in [-0.2, -0.15) is 4.98 Å². The lowest BCUT2D eigenvalue weighted by atomic mass is 10.2. The van der Waals surface area contributed by atoms with Crippen LogP contribution >= 0.6 is 0 Å². The van der Waals surface area contributed by atoms with Gasteiger partial charge < -0.3 is 14.6 Å². The zero-order valence-electron chi connectivity index (χ0n) is 10.9. The summed E-state index contributed by atoms with van der Waals surface area (Å²) < 4.78 is 5.51. The molecule has 0 aliphatic carbocycles. The molecule has 0 radical (unpaired) electrons. The second kappa shape index (κ2) is 5.13. The van der Waals surface area contributed by atoms with Gasteiger partial charge >= 0.3 is 0 Å². The summed E-state index contributed by atoms with van der Waals surface area (Å²) in [6.45, 7) is 0. The Hall–Kier alpha value is -3.08. The van der Waals surface area contributed by atoms with Crippen molar-refractivity contribution in [1.82, 2.24) is 4.98 Å². The van der Waals surface area contributed by atoms with Crippen LogP contribution in [0.2, 0.25) is 0 Å². The first-order chi connectivity index (χ1) is 10.1. The van der Waals surface area contributed by atoms with Gasteiger partial charge in [0, 0.05) is 6.08 Å². The number of hydrogen-bond donors (Lipinski definition) is 2. The van der Waals surface area contributed by atoms with Crippen molar-refractivity contribution in [3.05, 3.63) is 64.3 Å². The number of benzene rings is 2. The van der Waals surface area contributed by atoms with Crippen LogP contribution in [-0.4, -0.2) is 15.2 Å². The molecule has 104 valence electrons. The molecule has 3 aromatic rings. The van der Waals surface area contributed by atoms with Crippen molar-refractivity contribution < 1.29 is 14.6 Å². The molecular weight excluding hydrogens is 270 g/mol. The van der Waals surface area contributed by atoms with Gasteiger partial charge in [-0.15, -0.1) is 0 Å². The summed E-state index contributed by atoms with van der Waals surface area (Å²) in [7, 11) is 0. The number of phenols is 2. The van der Waals surface area contributed by atoms with Crippen LogP contribution in [0, 0.1) is 0 Å². The molecule has 0 saturated carbocycles. The standard InChI is InChI=1S/C16H11NO4/c18-12-7-5-10(9-13(12)19)6-8-15-17-16(20)11-3-1-2-4-14(11)21-15/h1-9,18-19H/b8-6+. The number of fused-ring (bicyclic) bond motifs is 1. The van der Waals surface area contributed by atoms with E-state index in [2.05, 4.69) is 4.98 Å². The Balaban J connectivity index is 1.99. The molecule has 0 unspecified atom stereocenters. The normalized spacial score (nSPS) is 11.2.